The Hall–Kier alpha value is -1.48. The SMILES string of the molecule is CCCc1ccc(NCC2Cc3cc(Br)ccc3O2)cc1. The summed E-state index contributed by atoms with van der Waals surface area (Å²) in [5, 5.41) is 3.47. The van der Waals surface area contributed by atoms with Crippen molar-refractivity contribution < 1.29 is 4.74 Å². The van der Waals surface area contributed by atoms with E-state index >= 15 is 0 Å². The predicted molar refractivity (Wildman–Crippen MR) is 91.2 cm³/mol. The van der Waals surface area contributed by atoms with Gasteiger partial charge in [0.1, 0.15) is 11.9 Å². The number of halogens is 1. The van der Waals surface area contributed by atoms with Gasteiger partial charge in [-0.05, 0) is 47.9 Å². The second kappa shape index (κ2) is 6.52. The molecule has 2 nitrogen and oxygen atoms in total. The Kier molecular flexibility index (Phi) is 4.49. The van der Waals surface area contributed by atoms with Crippen LogP contribution in [0.15, 0.2) is 46.9 Å². The second-order valence-corrected chi connectivity index (χ2v) is 6.44. The zero-order valence-corrected chi connectivity index (χ0v) is 13.8. The maximum absolute atomic E-state index is 5.96. The van der Waals surface area contributed by atoms with Crippen LogP contribution in [-0.2, 0) is 12.8 Å². The summed E-state index contributed by atoms with van der Waals surface area (Å²) in [6, 6.07) is 14.9. The highest BCUT2D eigenvalue weighted by Gasteiger charge is 2.22. The van der Waals surface area contributed by atoms with Gasteiger partial charge in [0.25, 0.3) is 0 Å². The van der Waals surface area contributed by atoms with Gasteiger partial charge < -0.3 is 10.1 Å². The molecule has 0 bridgehead atoms. The fourth-order valence-electron chi connectivity index (χ4n) is 2.71. The van der Waals surface area contributed by atoms with Crippen LogP contribution in [-0.4, -0.2) is 12.6 Å². The van der Waals surface area contributed by atoms with Crippen molar-refractivity contribution >= 4 is 21.6 Å². The Morgan fingerprint density at radius 1 is 1.19 bits per heavy atom. The number of aryl methyl sites for hydroxylation is 1. The smallest absolute Gasteiger partial charge is 0.123 e. The minimum absolute atomic E-state index is 0.213. The van der Waals surface area contributed by atoms with E-state index in [9.17, 15) is 0 Å². The van der Waals surface area contributed by atoms with E-state index in [4.69, 9.17) is 4.74 Å². The molecule has 0 amide bonds. The van der Waals surface area contributed by atoms with Crippen LogP contribution in [0, 0.1) is 0 Å². The molecule has 0 aromatic heterocycles. The van der Waals surface area contributed by atoms with Gasteiger partial charge in [0.05, 0.1) is 6.54 Å². The number of rotatable bonds is 5. The van der Waals surface area contributed by atoms with Gasteiger partial charge >= 0.3 is 0 Å². The van der Waals surface area contributed by atoms with Gasteiger partial charge in [0, 0.05) is 16.6 Å². The lowest BCUT2D eigenvalue weighted by Gasteiger charge is -2.13. The van der Waals surface area contributed by atoms with Crippen LogP contribution >= 0.6 is 15.9 Å². The van der Waals surface area contributed by atoms with Gasteiger partial charge in [-0.25, -0.2) is 0 Å². The molecule has 1 atom stereocenters. The van der Waals surface area contributed by atoms with Crippen molar-refractivity contribution in [1.29, 1.82) is 0 Å². The highest BCUT2D eigenvalue weighted by Crippen LogP contribution is 2.31. The first kappa shape index (κ1) is 14.5. The molecule has 1 unspecified atom stereocenters. The van der Waals surface area contributed by atoms with E-state index in [1.807, 2.05) is 12.1 Å². The third kappa shape index (κ3) is 3.59. The molecule has 110 valence electrons. The Bertz CT molecular complexity index is 609. The minimum Gasteiger partial charge on any atom is -0.488 e. The van der Waals surface area contributed by atoms with Crippen LogP contribution in [0.5, 0.6) is 5.75 Å². The van der Waals surface area contributed by atoms with Crippen molar-refractivity contribution in [2.45, 2.75) is 32.3 Å². The van der Waals surface area contributed by atoms with E-state index in [1.165, 1.54) is 17.5 Å². The molecular formula is C18H20BrNO. The molecule has 2 aromatic carbocycles. The molecule has 3 rings (SSSR count). The number of anilines is 1. The monoisotopic (exact) mass is 345 g/mol. The van der Waals surface area contributed by atoms with Crippen LogP contribution in [0.4, 0.5) is 5.69 Å². The maximum atomic E-state index is 5.96. The van der Waals surface area contributed by atoms with Crippen LogP contribution in [0.2, 0.25) is 0 Å². The van der Waals surface area contributed by atoms with Crippen molar-refractivity contribution in [3.05, 3.63) is 58.1 Å². The second-order valence-electron chi connectivity index (χ2n) is 5.52. The average molecular weight is 346 g/mol. The topological polar surface area (TPSA) is 21.3 Å². The molecule has 1 aliphatic heterocycles. The lowest BCUT2D eigenvalue weighted by atomic mass is 10.1. The standard InChI is InChI=1S/C18H20BrNO/c1-2-3-13-4-7-16(8-5-13)20-12-17-11-14-10-15(19)6-9-18(14)21-17/h4-10,17,20H,2-3,11-12H2,1H3. The Morgan fingerprint density at radius 3 is 2.76 bits per heavy atom. The van der Waals surface area contributed by atoms with E-state index in [0.717, 1.165) is 35.3 Å². The highest BCUT2D eigenvalue weighted by atomic mass is 79.9. The van der Waals surface area contributed by atoms with Gasteiger partial charge in [-0.3, -0.25) is 0 Å². The van der Waals surface area contributed by atoms with Gasteiger partial charge in [-0.15, -0.1) is 0 Å². The zero-order chi connectivity index (χ0) is 14.7. The summed E-state index contributed by atoms with van der Waals surface area (Å²) < 4.78 is 7.08. The summed E-state index contributed by atoms with van der Waals surface area (Å²) in [6.07, 6.45) is 3.52. The Labute approximate surface area is 134 Å². The van der Waals surface area contributed by atoms with Gasteiger partial charge in [0.2, 0.25) is 0 Å². The average Bonchev–Trinajstić information content (AvgIpc) is 2.89. The summed E-state index contributed by atoms with van der Waals surface area (Å²) >= 11 is 3.51. The zero-order valence-electron chi connectivity index (χ0n) is 12.2. The van der Waals surface area contributed by atoms with Crippen molar-refractivity contribution in [3.63, 3.8) is 0 Å². The van der Waals surface area contributed by atoms with Gasteiger partial charge in [0.15, 0.2) is 0 Å². The fourth-order valence-corrected chi connectivity index (χ4v) is 3.12. The summed E-state index contributed by atoms with van der Waals surface area (Å²) in [5.41, 5.74) is 3.85. The molecule has 1 heterocycles. The van der Waals surface area contributed by atoms with E-state index in [-0.39, 0.29) is 6.10 Å². The van der Waals surface area contributed by atoms with E-state index in [0.29, 0.717) is 0 Å². The number of hydrogen-bond acceptors (Lipinski definition) is 2. The lowest BCUT2D eigenvalue weighted by Crippen LogP contribution is -2.23. The first-order chi connectivity index (χ1) is 10.2. The molecule has 0 fully saturated rings. The van der Waals surface area contributed by atoms with Crippen molar-refractivity contribution in [2.24, 2.45) is 0 Å². The van der Waals surface area contributed by atoms with Crippen molar-refractivity contribution in [3.8, 4) is 5.75 Å². The molecule has 0 spiro atoms. The van der Waals surface area contributed by atoms with Crippen LogP contribution in [0.25, 0.3) is 0 Å². The quantitative estimate of drug-likeness (QED) is 0.838. The first-order valence-corrected chi connectivity index (χ1v) is 8.32. The molecule has 21 heavy (non-hydrogen) atoms. The number of benzene rings is 2. The summed E-state index contributed by atoms with van der Waals surface area (Å²) in [4.78, 5) is 0. The molecule has 0 saturated carbocycles. The molecule has 1 N–H and O–H groups in total. The van der Waals surface area contributed by atoms with Crippen LogP contribution in [0.3, 0.4) is 0 Å². The Balaban J connectivity index is 1.55. The minimum atomic E-state index is 0.213. The predicted octanol–water partition coefficient (Wildman–Crippen LogP) is 4.82. The molecule has 0 aliphatic carbocycles. The number of fused-ring (bicyclic) bond motifs is 1. The molecule has 1 aliphatic rings. The number of hydrogen-bond donors (Lipinski definition) is 1. The van der Waals surface area contributed by atoms with Crippen LogP contribution in [0.1, 0.15) is 24.5 Å². The highest BCUT2D eigenvalue weighted by molar-refractivity contribution is 9.10. The molecular weight excluding hydrogens is 326 g/mol. The van der Waals surface area contributed by atoms with E-state index in [2.05, 4.69) is 58.5 Å². The van der Waals surface area contributed by atoms with Crippen molar-refractivity contribution in [2.75, 3.05) is 11.9 Å². The van der Waals surface area contributed by atoms with Gasteiger partial charge in [-0.2, -0.15) is 0 Å². The van der Waals surface area contributed by atoms with E-state index in [1.54, 1.807) is 0 Å². The summed E-state index contributed by atoms with van der Waals surface area (Å²) in [7, 11) is 0. The molecule has 0 radical (unpaired) electrons. The largest absolute Gasteiger partial charge is 0.488 e. The normalized spacial score (nSPS) is 16.4. The number of ether oxygens (including phenoxy) is 1. The van der Waals surface area contributed by atoms with Gasteiger partial charge in [-0.1, -0.05) is 41.4 Å². The number of nitrogens with one attached hydrogen (secondary N) is 1. The summed E-state index contributed by atoms with van der Waals surface area (Å²) in [6.45, 7) is 3.04. The Morgan fingerprint density at radius 2 is 2.00 bits per heavy atom. The van der Waals surface area contributed by atoms with Crippen molar-refractivity contribution in [1.82, 2.24) is 0 Å². The molecule has 2 aromatic rings. The van der Waals surface area contributed by atoms with E-state index < -0.39 is 0 Å². The maximum Gasteiger partial charge on any atom is 0.123 e. The lowest BCUT2D eigenvalue weighted by molar-refractivity contribution is 0.246. The third-order valence-electron chi connectivity index (χ3n) is 3.79. The van der Waals surface area contributed by atoms with Crippen LogP contribution < -0.4 is 10.1 Å². The fraction of sp³-hybridized carbons (Fsp3) is 0.333. The summed E-state index contributed by atoms with van der Waals surface area (Å²) in [5.74, 6) is 1.02. The third-order valence-corrected chi connectivity index (χ3v) is 4.28. The first-order valence-electron chi connectivity index (χ1n) is 7.52. The molecule has 3 heteroatoms. The molecule has 0 saturated heterocycles.